The summed E-state index contributed by atoms with van der Waals surface area (Å²) in [5.41, 5.74) is -1.04. The first-order chi connectivity index (χ1) is 15.2. The van der Waals surface area contributed by atoms with Gasteiger partial charge in [0.05, 0.1) is 11.1 Å². The minimum absolute atomic E-state index is 0.175. The molecule has 0 unspecified atom stereocenters. The summed E-state index contributed by atoms with van der Waals surface area (Å²) in [5.74, 6) is 2.93. The van der Waals surface area contributed by atoms with Crippen LogP contribution in [0.3, 0.4) is 0 Å². The fraction of sp³-hybridized carbons (Fsp3) is 0.120. The molecule has 0 atom stereocenters. The zero-order chi connectivity index (χ0) is 23.4. The first-order valence-corrected chi connectivity index (χ1v) is 9.73. The molecule has 0 radical (unpaired) electrons. The molecule has 0 heterocycles. The van der Waals surface area contributed by atoms with E-state index in [9.17, 15) is 26.3 Å². The van der Waals surface area contributed by atoms with Gasteiger partial charge in [-0.3, -0.25) is 0 Å². The fourth-order valence-corrected chi connectivity index (χ4v) is 2.95. The molecule has 162 valence electrons. The molecule has 0 N–H and O–H groups in total. The second-order valence-electron chi connectivity index (χ2n) is 6.75. The van der Waals surface area contributed by atoms with Gasteiger partial charge in [0.15, 0.2) is 0 Å². The van der Waals surface area contributed by atoms with Crippen LogP contribution in [0.15, 0.2) is 36.4 Å². The first kappa shape index (κ1) is 23.3. The Morgan fingerprint density at radius 2 is 0.969 bits per heavy atom. The van der Waals surface area contributed by atoms with Crippen molar-refractivity contribution in [2.75, 3.05) is 0 Å². The highest BCUT2D eigenvalue weighted by Gasteiger charge is 2.12. The molecule has 3 aromatic carbocycles. The van der Waals surface area contributed by atoms with Crippen LogP contribution in [0.4, 0.5) is 26.3 Å². The quantitative estimate of drug-likeness (QED) is 0.220. The van der Waals surface area contributed by atoms with Gasteiger partial charge in [-0.25, -0.2) is 26.3 Å². The van der Waals surface area contributed by atoms with Gasteiger partial charge in [0.2, 0.25) is 0 Å². The van der Waals surface area contributed by atoms with Gasteiger partial charge in [0.25, 0.3) is 0 Å². The van der Waals surface area contributed by atoms with Crippen molar-refractivity contribution in [2.24, 2.45) is 0 Å². The minimum atomic E-state index is -1.10. The van der Waals surface area contributed by atoms with E-state index in [0.29, 0.717) is 18.4 Å². The minimum Gasteiger partial charge on any atom is -0.206 e. The topological polar surface area (TPSA) is 0 Å². The van der Waals surface area contributed by atoms with Crippen molar-refractivity contribution in [1.29, 1.82) is 0 Å². The van der Waals surface area contributed by atoms with Gasteiger partial charge >= 0.3 is 0 Å². The molecule has 0 saturated heterocycles. The Bertz CT molecular complexity index is 1250. The summed E-state index contributed by atoms with van der Waals surface area (Å²) >= 11 is 5.37. The zero-order valence-corrected chi connectivity index (χ0v) is 17.3. The lowest BCUT2D eigenvalue weighted by atomic mass is 10.1. The van der Waals surface area contributed by atoms with Crippen LogP contribution >= 0.6 is 11.6 Å². The molecule has 0 aliphatic rings. The summed E-state index contributed by atoms with van der Waals surface area (Å²) in [4.78, 5) is 0. The van der Waals surface area contributed by atoms with Gasteiger partial charge in [-0.2, -0.15) is 0 Å². The maximum Gasteiger partial charge on any atom is 0.146 e. The lowest BCUT2D eigenvalue weighted by Crippen LogP contribution is -1.95. The number of halogens is 7. The maximum absolute atomic E-state index is 14.3. The smallest absolute Gasteiger partial charge is 0.146 e. The third kappa shape index (κ3) is 5.28. The summed E-state index contributed by atoms with van der Waals surface area (Å²) in [5, 5.41) is -0.719. The molecule has 0 bridgehead atoms. The van der Waals surface area contributed by atoms with Crippen LogP contribution in [0.2, 0.25) is 5.02 Å². The number of rotatable bonds is 2. The van der Waals surface area contributed by atoms with E-state index in [1.165, 1.54) is 12.1 Å². The number of aryl methyl sites for hydroxylation is 1. The van der Waals surface area contributed by atoms with Crippen LogP contribution in [0.5, 0.6) is 0 Å². The predicted octanol–water partition coefficient (Wildman–Crippen LogP) is 6.93. The van der Waals surface area contributed by atoms with Crippen molar-refractivity contribution >= 4 is 11.6 Å². The van der Waals surface area contributed by atoms with Crippen molar-refractivity contribution in [3.63, 3.8) is 0 Å². The summed E-state index contributed by atoms with van der Waals surface area (Å²) < 4.78 is 83.9. The molecule has 0 aliphatic carbocycles. The van der Waals surface area contributed by atoms with Gasteiger partial charge in [-0.05, 0) is 48.4 Å². The molecule has 0 nitrogen and oxygen atoms in total. The van der Waals surface area contributed by atoms with Crippen LogP contribution in [-0.2, 0) is 6.42 Å². The van der Waals surface area contributed by atoms with Gasteiger partial charge in [-0.15, -0.1) is 0 Å². The van der Waals surface area contributed by atoms with Crippen molar-refractivity contribution < 1.29 is 26.3 Å². The van der Waals surface area contributed by atoms with Crippen LogP contribution in [0.25, 0.3) is 0 Å². The molecule has 3 aromatic rings. The Morgan fingerprint density at radius 1 is 0.594 bits per heavy atom. The van der Waals surface area contributed by atoms with E-state index >= 15 is 0 Å². The van der Waals surface area contributed by atoms with E-state index in [4.69, 9.17) is 11.6 Å². The van der Waals surface area contributed by atoms with Gasteiger partial charge in [-0.1, -0.05) is 48.6 Å². The lowest BCUT2D eigenvalue weighted by Gasteiger charge is -2.03. The highest BCUT2D eigenvalue weighted by Crippen LogP contribution is 2.21. The molecule has 0 spiro atoms. The van der Waals surface area contributed by atoms with E-state index in [0.717, 1.165) is 24.3 Å². The molecule has 0 fully saturated rings. The summed E-state index contributed by atoms with van der Waals surface area (Å²) in [6.07, 6.45) is 1.20. The third-order valence-electron chi connectivity index (χ3n) is 4.33. The van der Waals surface area contributed by atoms with E-state index < -0.39 is 51.1 Å². The molecule has 0 amide bonds. The SMILES string of the molecule is CCCc1cc(F)c(C#Cc2cc(F)c(C#Cc3cc(F)c(Cl)c(F)c3)c(F)c2)c(F)c1. The molecule has 3 rings (SSSR count). The summed E-state index contributed by atoms with van der Waals surface area (Å²) in [7, 11) is 0. The highest BCUT2D eigenvalue weighted by atomic mass is 35.5. The van der Waals surface area contributed by atoms with Crippen molar-refractivity contribution in [1.82, 2.24) is 0 Å². The molecule has 0 saturated carbocycles. The number of hydrogen-bond donors (Lipinski definition) is 0. The van der Waals surface area contributed by atoms with Crippen molar-refractivity contribution in [2.45, 2.75) is 19.8 Å². The average Bonchev–Trinajstić information content (AvgIpc) is 2.71. The van der Waals surface area contributed by atoms with Crippen LogP contribution < -0.4 is 0 Å². The third-order valence-corrected chi connectivity index (χ3v) is 4.69. The van der Waals surface area contributed by atoms with E-state index in [-0.39, 0.29) is 11.1 Å². The molecular formula is C25H13ClF6. The zero-order valence-electron chi connectivity index (χ0n) is 16.5. The Balaban J connectivity index is 1.92. The summed E-state index contributed by atoms with van der Waals surface area (Å²) in [6, 6.07) is 5.65. The Hall–Kier alpha value is -3.35. The van der Waals surface area contributed by atoms with Gasteiger partial charge in [0.1, 0.15) is 39.9 Å². The first-order valence-electron chi connectivity index (χ1n) is 9.35. The Labute approximate surface area is 185 Å². The normalized spacial score (nSPS) is 10.2. The predicted molar refractivity (Wildman–Crippen MR) is 110 cm³/mol. The molecule has 32 heavy (non-hydrogen) atoms. The Kier molecular flexibility index (Phi) is 7.18. The molecule has 7 heteroatoms. The van der Waals surface area contributed by atoms with E-state index in [1.807, 2.05) is 6.92 Å². The van der Waals surface area contributed by atoms with Crippen LogP contribution in [0, 0.1) is 58.6 Å². The lowest BCUT2D eigenvalue weighted by molar-refractivity contribution is 0.573. The van der Waals surface area contributed by atoms with Crippen LogP contribution in [-0.4, -0.2) is 0 Å². The second-order valence-corrected chi connectivity index (χ2v) is 7.13. The fourth-order valence-electron chi connectivity index (χ4n) is 2.84. The standard InChI is InChI=1S/C25H13ClF6/c1-2-3-14-8-19(27)17(20(28)9-14)6-4-15-10-21(29)18(22(30)11-15)7-5-16-12-23(31)25(26)24(32)13-16/h8-13H,2-3H2,1H3. The van der Waals surface area contributed by atoms with Crippen molar-refractivity contribution in [3.8, 4) is 23.7 Å². The van der Waals surface area contributed by atoms with Gasteiger partial charge in [0, 0.05) is 11.1 Å². The Morgan fingerprint density at radius 3 is 1.38 bits per heavy atom. The van der Waals surface area contributed by atoms with Crippen molar-refractivity contribution in [3.05, 3.63) is 104 Å². The van der Waals surface area contributed by atoms with Crippen LogP contribution in [0.1, 0.15) is 41.2 Å². The summed E-state index contributed by atoms with van der Waals surface area (Å²) in [6.45, 7) is 1.87. The molecule has 0 aliphatic heterocycles. The largest absolute Gasteiger partial charge is 0.206 e. The monoisotopic (exact) mass is 462 g/mol. The maximum atomic E-state index is 14.3. The van der Waals surface area contributed by atoms with E-state index in [2.05, 4.69) is 23.7 Å². The highest BCUT2D eigenvalue weighted by molar-refractivity contribution is 6.30. The second kappa shape index (κ2) is 9.85. The molecular weight excluding hydrogens is 450 g/mol. The van der Waals surface area contributed by atoms with E-state index in [1.54, 1.807) is 0 Å². The number of benzene rings is 3. The van der Waals surface area contributed by atoms with Gasteiger partial charge < -0.3 is 0 Å². The average molecular weight is 463 g/mol. The number of hydrogen-bond acceptors (Lipinski definition) is 0. The molecule has 0 aromatic heterocycles.